The summed E-state index contributed by atoms with van der Waals surface area (Å²) in [6.07, 6.45) is 36.3. The van der Waals surface area contributed by atoms with Crippen molar-refractivity contribution in [3.8, 4) is 0 Å². The number of unbranched alkanes of at least 4 members (excludes halogenated alkanes) is 12. The maximum Gasteiger partial charge on any atom is 0.306 e. The molecule has 0 aromatic heterocycles. The molecule has 0 aromatic rings. The van der Waals surface area contributed by atoms with E-state index in [9.17, 15) is 4.79 Å². The van der Waals surface area contributed by atoms with Crippen LogP contribution in [0.4, 0.5) is 0 Å². The summed E-state index contributed by atoms with van der Waals surface area (Å²) in [5.41, 5.74) is 4.71. The highest BCUT2D eigenvalue weighted by Crippen LogP contribution is 2.60. The van der Waals surface area contributed by atoms with Crippen molar-refractivity contribution in [1.82, 2.24) is 0 Å². The van der Waals surface area contributed by atoms with Gasteiger partial charge in [-0.05, 0) is 86.0 Å². The van der Waals surface area contributed by atoms with Gasteiger partial charge in [-0.25, -0.2) is 0 Å². The summed E-state index contributed by atoms with van der Waals surface area (Å²) < 4.78 is 6.00. The molecule has 0 spiro atoms. The second-order valence-electron chi connectivity index (χ2n) is 16.3. The number of hydrogen-bond acceptors (Lipinski definition) is 2. The van der Waals surface area contributed by atoms with Gasteiger partial charge in [-0.15, -0.1) is 0 Å². The fourth-order valence-electron chi connectivity index (χ4n) is 9.28. The Morgan fingerprint density at radius 2 is 1.49 bits per heavy atom. The van der Waals surface area contributed by atoms with E-state index in [2.05, 4.69) is 53.3 Å². The lowest BCUT2D eigenvalue weighted by Gasteiger charge is -2.44. The molecule has 3 saturated carbocycles. The SMILES string of the molecule is C=C1CCC(OC(=O)CCCCCCCCCCCCCCC)C/C1=C/C=C1/CCCC2(C)C1CCC2C(C)CCCC(C)C. The average molecular weight is 623 g/mol. The molecule has 3 aliphatic rings. The van der Waals surface area contributed by atoms with Crippen LogP contribution < -0.4 is 0 Å². The summed E-state index contributed by atoms with van der Waals surface area (Å²) in [5.74, 6) is 3.28. The van der Waals surface area contributed by atoms with Gasteiger partial charge in [0.05, 0.1) is 0 Å². The Hall–Kier alpha value is -1.31. The average Bonchev–Trinajstić information content (AvgIpc) is 3.37. The summed E-state index contributed by atoms with van der Waals surface area (Å²) in [6.45, 7) is 16.6. The van der Waals surface area contributed by atoms with E-state index in [-0.39, 0.29) is 12.1 Å². The number of rotatable bonds is 21. The number of carbonyl (C=O) groups excluding carboxylic acids is 1. The molecule has 45 heavy (non-hydrogen) atoms. The first-order valence-corrected chi connectivity index (χ1v) is 20.0. The van der Waals surface area contributed by atoms with Crippen LogP contribution in [0.15, 0.2) is 35.5 Å². The molecule has 2 nitrogen and oxygen atoms in total. The van der Waals surface area contributed by atoms with Gasteiger partial charge in [-0.2, -0.15) is 0 Å². The molecule has 3 fully saturated rings. The summed E-state index contributed by atoms with van der Waals surface area (Å²) in [6, 6.07) is 0. The molecule has 5 unspecified atom stereocenters. The van der Waals surface area contributed by atoms with Gasteiger partial charge in [0.15, 0.2) is 0 Å². The van der Waals surface area contributed by atoms with Crippen LogP contribution in [0.5, 0.6) is 0 Å². The molecule has 3 aliphatic carbocycles. The number of fused-ring (bicyclic) bond motifs is 1. The van der Waals surface area contributed by atoms with Crippen LogP contribution in [0, 0.1) is 29.1 Å². The minimum atomic E-state index is 0.0100. The lowest BCUT2D eigenvalue weighted by atomic mass is 9.60. The zero-order chi connectivity index (χ0) is 32.5. The van der Waals surface area contributed by atoms with Gasteiger partial charge >= 0.3 is 5.97 Å². The highest BCUT2D eigenvalue weighted by molar-refractivity contribution is 5.69. The van der Waals surface area contributed by atoms with Crippen LogP contribution in [-0.2, 0) is 9.53 Å². The largest absolute Gasteiger partial charge is 0.462 e. The number of hydrogen-bond donors (Lipinski definition) is 0. The predicted octanol–water partition coefficient (Wildman–Crippen LogP) is 13.7. The maximum atomic E-state index is 12.7. The van der Waals surface area contributed by atoms with E-state index < -0.39 is 0 Å². The van der Waals surface area contributed by atoms with Crippen molar-refractivity contribution in [3.05, 3.63) is 35.5 Å². The molecule has 0 heterocycles. The van der Waals surface area contributed by atoms with E-state index in [1.807, 2.05) is 0 Å². The highest BCUT2D eigenvalue weighted by Gasteiger charge is 2.50. The summed E-state index contributed by atoms with van der Waals surface area (Å²) in [4.78, 5) is 12.7. The number of ether oxygens (including phenoxy) is 1. The molecular weight excluding hydrogens is 548 g/mol. The van der Waals surface area contributed by atoms with E-state index >= 15 is 0 Å². The van der Waals surface area contributed by atoms with E-state index in [1.54, 1.807) is 5.57 Å². The molecule has 258 valence electrons. The summed E-state index contributed by atoms with van der Waals surface area (Å²) in [5, 5.41) is 0. The first-order valence-electron chi connectivity index (χ1n) is 20.0. The predicted molar refractivity (Wildman–Crippen MR) is 195 cm³/mol. The molecule has 3 rings (SSSR count). The van der Waals surface area contributed by atoms with Gasteiger partial charge in [0.1, 0.15) is 6.10 Å². The zero-order valence-corrected chi connectivity index (χ0v) is 30.7. The Balaban J connectivity index is 1.37. The van der Waals surface area contributed by atoms with Gasteiger partial charge < -0.3 is 4.74 Å². The molecule has 0 N–H and O–H groups in total. The molecule has 0 amide bonds. The third kappa shape index (κ3) is 13.0. The molecular formula is C43H74O2. The van der Waals surface area contributed by atoms with Crippen LogP contribution in [0.1, 0.15) is 195 Å². The second kappa shape index (κ2) is 20.8. The molecule has 0 aliphatic heterocycles. The molecule has 0 bridgehead atoms. The minimum Gasteiger partial charge on any atom is -0.462 e. The van der Waals surface area contributed by atoms with Crippen LogP contribution >= 0.6 is 0 Å². The standard InChI is InChI=1S/C43H74O2/c1-7-8-9-10-11-12-13-14-15-16-17-18-19-25-42(44)45-39-29-26-35(4)38(33-39)28-27-37-24-21-32-43(6)40(30-31-41(37)43)36(5)23-20-22-34(2)3/h27-28,34,36,39-41H,4,7-26,29-33H2,1-3,5-6H3/b37-27-,38-28-. The summed E-state index contributed by atoms with van der Waals surface area (Å²) in [7, 11) is 0. The molecule has 0 aromatic carbocycles. The van der Waals surface area contributed by atoms with Gasteiger partial charge in [0.2, 0.25) is 0 Å². The van der Waals surface area contributed by atoms with E-state index in [0.29, 0.717) is 11.8 Å². The van der Waals surface area contributed by atoms with E-state index in [0.717, 1.165) is 55.8 Å². The lowest BCUT2D eigenvalue weighted by molar-refractivity contribution is -0.149. The number of carbonyl (C=O) groups is 1. The zero-order valence-electron chi connectivity index (χ0n) is 30.7. The van der Waals surface area contributed by atoms with E-state index in [1.165, 1.54) is 133 Å². The lowest BCUT2D eigenvalue weighted by Crippen LogP contribution is -2.36. The van der Waals surface area contributed by atoms with Crippen LogP contribution in [-0.4, -0.2) is 12.1 Å². The van der Waals surface area contributed by atoms with Crippen molar-refractivity contribution >= 4 is 5.97 Å². The van der Waals surface area contributed by atoms with Crippen LogP contribution in [0.2, 0.25) is 0 Å². The van der Waals surface area contributed by atoms with Gasteiger partial charge in [-0.3, -0.25) is 4.79 Å². The quantitative estimate of drug-likeness (QED) is 0.0940. The summed E-state index contributed by atoms with van der Waals surface area (Å²) >= 11 is 0. The Kier molecular flexibility index (Phi) is 17.7. The second-order valence-corrected chi connectivity index (χ2v) is 16.3. The monoisotopic (exact) mass is 623 g/mol. The Morgan fingerprint density at radius 1 is 0.844 bits per heavy atom. The molecule has 2 heteroatoms. The van der Waals surface area contributed by atoms with Crippen LogP contribution in [0.3, 0.4) is 0 Å². The Labute approximate surface area is 280 Å². The van der Waals surface area contributed by atoms with Crippen molar-refractivity contribution in [2.45, 2.75) is 201 Å². The first-order chi connectivity index (χ1) is 21.7. The number of esters is 1. The van der Waals surface area contributed by atoms with Crippen molar-refractivity contribution in [2.75, 3.05) is 0 Å². The van der Waals surface area contributed by atoms with Crippen molar-refractivity contribution in [3.63, 3.8) is 0 Å². The normalized spacial score (nSPS) is 27.8. The molecule has 0 saturated heterocycles. The first kappa shape index (κ1) is 38.1. The van der Waals surface area contributed by atoms with Crippen molar-refractivity contribution in [2.24, 2.45) is 29.1 Å². The van der Waals surface area contributed by atoms with Crippen molar-refractivity contribution < 1.29 is 9.53 Å². The Morgan fingerprint density at radius 3 is 2.13 bits per heavy atom. The number of allylic oxidation sites excluding steroid dienone is 4. The third-order valence-electron chi connectivity index (χ3n) is 12.1. The van der Waals surface area contributed by atoms with Gasteiger partial charge in [0.25, 0.3) is 0 Å². The molecule has 0 radical (unpaired) electrons. The van der Waals surface area contributed by atoms with Gasteiger partial charge in [-0.1, -0.05) is 161 Å². The fourth-order valence-corrected chi connectivity index (χ4v) is 9.28. The minimum absolute atomic E-state index is 0.0100. The van der Waals surface area contributed by atoms with Gasteiger partial charge in [0, 0.05) is 12.8 Å². The fraction of sp³-hybridized carbons (Fsp3) is 0.837. The maximum absolute atomic E-state index is 12.7. The highest BCUT2D eigenvalue weighted by atomic mass is 16.5. The van der Waals surface area contributed by atoms with Crippen molar-refractivity contribution in [1.29, 1.82) is 0 Å². The molecule has 5 atom stereocenters. The smallest absolute Gasteiger partial charge is 0.306 e. The van der Waals surface area contributed by atoms with Crippen LogP contribution in [0.25, 0.3) is 0 Å². The topological polar surface area (TPSA) is 26.3 Å². The Bertz CT molecular complexity index is 924. The van der Waals surface area contributed by atoms with E-state index in [4.69, 9.17) is 4.74 Å². The third-order valence-corrected chi connectivity index (χ3v) is 12.1.